The quantitative estimate of drug-likeness (QED) is 0.850. The molecule has 1 fully saturated rings. The van der Waals surface area contributed by atoms with Crippen LogP contribution in [0, 0.1) is 0 Å². The van der Waals surface area contributed by atoms with Gasteiger partial charge in [0.05, 0.1) is 22.6 Å². The van der Waals surface area contributed by atoms with Crippen molar-refractivity contribution in [3.8, 4) is 5.75 Å². The first-order chi connectivity index (χ1) is 12.5. The van der Waals surface area contributed by atoms with Crippen molar-refractivity contribution >= 4 is 35.0 Å². The summed E-state index contributed by atoms with van der Waals surface area (Å²) in [6, 6.07) is 14.5. The number of amides is 2. The minimum absolute atomic E-state index is 0.0366. The van der Waals surface area contributed by atoms with Crippen molar-refractivity contribution in [1.29, 1.82) is 0 Å². The lowest BCUT2D eigenvalue weighted by molar-refractivity contribution is -0.141. The van der Waals surface area contributed by atoms with Crippen molar-refractivity contribution < 1.29 is 14.3 Å². The van der Waals surface area contributed by atoms with E-state index in [0.29, 0.717) is 28.8 Å². The van der Waals surface area contributed by atoms with Crippen molar-refractivity contribution in [1.82, 2.24) is 10.2 Å². The number of hydrogen-bond donors (Lipinski definition) is 1. The summed E-state index contributed by atoms with van der Waals surface area (Å²) in [4.78, 5) is 25.9. The molecule has 1 aliphatic heterocycles. The van der Waals surface area contributed by atoms with Crippen LogP contribution < -0.4 is 10.1 Å². The van der Waals surface area contributed by atoms with E-state index in [-0.39, 0.29) is 31.0 Å². The molecule has 26 heavy (non-hydrogen) atoms. The lowest BCUT2D eigenvalue weighted by Gasteiger charge is -2.33. The molecule has 0 saturated carbocycles. The van der Waals surface area contributed by atoms with Gasteiger partial charge in [0.2, 0.25) is 5.91 Å². The van der Waals surface area contributed by atoms with Gasteiger partial charge in [0.25, 0.3) is 5.91 Å². The number of rotatable bonds is 5. The van der Waals surface area contributed by atoms with Gasteiger partial charge in [0.15, 0.2) is 6.61 Å². The molecule has 136 valence electrons. The van der Waals surface area contributed by atoms with Crippen LogP contribution in [0.2, 0.25) is 10.0 Å². The molecule has 0 unspecified atom stereocenters. The van der Waals surface area contributed by atoms with Gasteiger partial charge in [-0.3, -0.25) is 9.59 Å². The molecule has 0 aliphatic carbocycles. The molecule has 2 amide bonds. The maximum Gasteiger partial charge on any atom is 0.261 e. The van der Waals surface area contributed by atoms with Gasteiger partial charge in [0, 0.05) is 12.6 Å². The van der Waals surface area contributed by atoms with Gasteiger partial charge >= 0.3 is 0 Å². The monoisotopic (exact) mass is 392 g/mol. The van der Waals surface area contributed by atoms with Crippen molar-refractivity contribution in [3.05, 3.63) is 64.1 Å². The fourth-order valence-corrected chi connectivity index (χ4v) is 3.12. The Bertz CT molecular complexity index is 799. The van der Waals surface area contributed by atoms with E-state index >= 15 is 0 Å². The van der Waals surface area contributed by atoms with Crippen LogP contribution in [0.3, 0.4) is 0 Å². The Labute approximate surface area is 161 Å². The minimum Gasteiger partial charge on any atom is -0.484 e. The first kappa shape index (κ1) is 18.5. The van der Waals surface area contributed by atoms with E-state index in [9.17, 15) is 9.59 Å². The van der Waals surface area contributed by atoms with Crippen LogP contribution in [0.5, 0.6) is 5.75 Å². The molecule has 7 heteroatoms. The molecule has 1 saturated heterocycles. The van der Waals surface area contributed by atoms with Crippen LogP contribution in [-0.2, 0) is 16.0 Å². The van der Waals surface area contributed by atoms with E-state index in [4.69, 9.17) is 27.9 Å². The fraction of sp³-hybridized carbons (Fsp3) is 0.263. The van der Waals surface area contributed by atoms with Crippen molar-refractivity contribution in [2.45, 2.75) is 12.5 Å². The number of halogens is 2. The van der Waals surface area contributed by atoms with Crippen molar-refractivity contribution in [2.75, 3.05) is 19.7 Å². The molecule has 1 atom stereocenters. The highest BCUT2D eigenvalue weighted by Crippen LogP contribution is 2.26. The second-order valence-corrected chi connectivity index (χ2v) is 6.91. The zero-order valence-electron chi connectivity index (χ0n) is 14.0. The van der Waals surface area contributed by atoms with Crippen LogP contribution in [-0.4, -0.2) is 42.5 Å². The number of ether oxygens (including phenoxy) is 1. The van der Waals surface area contributed by atoms with Crippen LogP contribution in [0.4, 0.5) is 0 Å². The van der Waals surface area contributed by atoms with E-state index in [1.54, 1.807) is 18.2 Å². The molecule has 0 bridgehead atoms. The third kappa shape index (κ3) is 4.90. The zero-order valence-corrected chi connectivity index (χ0v) is 15.5. The van der Waals surface area contributed by atoms with E-state index in [0.717, 1.165) is 5.56 Å². The summed E-state index contributed by atoms with van der Waals surface area (Å²) >= 11 is 11.8. The summed E-state index contributed by atoms with van der Waals surface area (Å²) in [6.07, 6.45) is 0.671. The summed E-state index contributed by atoms with van der Waals surface area (Å²) in [6.45, 7) is 0.322. The summed E-state index contributed by atoms with van der Waals surface area (Å²) in [5.74, 6) is 0.0408. The third-order valence-corrected chi connectivity index (χ3v) is 4.81. The summed E-state index contributed by atoms with van der Waals surface area (Å²) in [5.41, 5.74) is 1.11. The van der Waals surface area contributed by atoms with Gasteiger partial charge in [-0.05, 0) is 24.1 Å². The summed E-state index contributed by atoms with van der Waals surface area (Å²) < 4.78 is 5.48. The zero-order chi connectivity index (χ0) is 18.5. The lowest BCUT2D eigenvalue weighted by atomic mass is 10.0. The van der Waals surface area contributed by atoms with Crippen LogP contribution in [0.15, 0.2) is 48.5 Å². The number of hydrogen-bond acceptors (Lipinski definition) is 3. The SMILES string of the molecule is O=C1CN(C(=O)COc2ccc(Cl)c(Cl)c2)C[C@H](Cc2ccccc2)N1. The van der Waals surface area contributed by atoms with Crippen molar-refractivity contribution in [2.24, 2.45) is 0 Å². The highest BCUT2D eigenvalue weighted by Gasteiger charge is 2.28. The smallest absolute Gasteiger partial charge is 0.261 e. The van der Waals surface area contributed by atoms with Crippen LogP contribution in [0.1, 0.15) is 5.56 Å². The highest BCUT2D eigenvalue weighted by molar-refractivity contribution is 6.42. The molecule has 0 radical (unpaired) electrons. The number of benzene rings is 2. The maximum atomic E-state index is 12.4. The van der Waals surface area contributed by atoms with Crippen LogP contribution >= 0.6 is 23.2 Å². The minimum atomic E-state index is -0.246. The summed E-state index contributed by atoms with van der Waals surface area (Å²) in [7, 11) is 0. The van der Waals surface area contributed by atoms with Gasteiger partial charge in [-0.2, -0.15) is 0 Å². The molecule has 1 N–H and O–H groups in total. The maximum absolute atomic E-state index is 12.4. The van der Waals surface area contributed by atoms with Crippen molar-refractivity contribution in [3.63, 3.8) is 0 Å². The predicted molar refractivity (Wildman–Crippen MR) is 101 cm³/mol. The molecular formula is C19H18Cl2N2O3. The van der Waals surface area contributed by atoms with Gasteiger partial charge < -0.3 is 15.0 Å². The number of nitrogens with one attached hydrogen (secondary N) is 1. The number of nitrogens with zero attached hydrogens (tertiary/aromatic N) is 1. The molecular weight excluding hydrogens is 375 g/mol. The second-order valence-electron chi connectivity index (χ2n) is 6.09. The molecule has 1 aliphatic rings. The summed E-state index contributed by atoms with van der Waals surface area (Å²) in [5, 5.41) is 3.71. The molecule has 0 aromatic heterocycles. The molecule has 3 rings (SSSR count). The Morgan fingerprint density at radius 1 is 1.15 bits per heavy atom. The lowest BCUT2D eigenvalue weighted by Crippen LogP contribution is -2.57. The number of carbonyl (C=O) groups excluding carboxylic acids is 2. The Hall–Kier alpha value is -2.24. The Balaban J connectivity index is 1.57. The number of piperazine rings is 1. The molecule has 2 aromatic rings. The Morgan fingerprint density at radius 3 is 2.65 bits per heavy atom. The fourth-order valence-electron chi connectivity index (χ4n) is 2.83. The first-order valence-electron chi connectivity index (χ1n) is 8.20. The normalized spacial score (nSPS) is 16.9. The van der Waals surface area contributed by atoms with E-state index < -0.39 is 0 Å². The molecule has 5 nitrogen and oxygen atoms in total. The van der Waals surface area contributed by atoms with Gasteiger partial charge in [0.1, 0.15) is 5.75 Å². The Morgan fingerprint density at radius 2 is 1.92 bits per heavy atom. The van der Waals surface area contributed by atoms with Gasteiger partial charge in [-0.15, -0.1) is 0 Å². The second kappa shape index (κ2) is 8.43. The molecule has 1 heterocycles. The highest BCUT2D eigenvalue weighted by atomic mass is 35.5. The van der Waals surface area contributed by atoms with Gasteiger partial charge in [-0.1, -0.05) is 53.5 Å². The predicted octanol–water partition coefficient (Wildman–Crippen LogP) is 2.94. The standard InChI is InChI=1S/C19H18Cl2N2O3/c20-16-7-6-15(9-17(16)21)26-12-19(25)23-10-14(22-18(24)11-23)8-13-4-2-1-3-5-13/h1-7,9,14H,8,10-12H2,(H,22,24)/t14-/m0/s1. The average Bonchev–Trinajstić information content (AvgIpc) is 2.63. The third-order valence-electron chi connectivity index (χ3n) is 4.07. The topological polar surface area (TPSA) is 58.6 Å². The molecule has 0 spiro atoms. The van der Waals surface area contributed by atoms with E-state index in [1.807, 2.05) is 30.3 Å². The van der Waals surface area contributed by atoms with Crippen LogP contribution in [0.25, 0.3) is 0 Å². The molecule has 2 aromatic carbocycles. The largest absolute Gasteiger partial charge is 0.484 e. The number of carbonyl (C=O) groups is 2. The Kier molecular flexibility index (Phi) is 6.01. The first-order valence-corrected chi connectivity index (χ1v) is 8.96. The van der Waals surface area contributed by atoms with E-state index in [1.165, 1.54) is 4.90 Å². The van der Waals surface area contributed by atoms with Gasteiger partial charge in [-0.25, -0.2) is 0 Å². The van der Waals surface area contributed by atoms with E-state index in [2.05, 4.69) is 5.32 Å². The average molecular weight is 393 g/mol.